The number of nitrogens with one attached hydrogen (secondary N) is 2. The molecule has 0 bridgehead atoms. The van der Waals surface area contributed by atoms with E-state index >= 15 is 0 Å². The number of rotatable bonds is 4. The highest BCUT2D eigenvalue weighted by Crippen LogP contribution is 2.22. The molecule has 0 fully saturated rings. The monoisotopic (exact) mass is 456 g/mol. The van der Waals surface area contributed by atoms with Gasteiger partial charge in [-0.15, -0.1) is 5.10 Å². The molecule has 10 heteroatoms. The van der Waals surface area contributed by atoms with Crippen molar-refractivity contribution >= 4 is 38.3 Å². The van der Waals surface area contributed by atoms with Crippen LogP contribution in [0.1, 0.15) is 11.1 Å². The maximum absolute atomic E-state index is 14.3. The highest BCUT2D eigenvalue weighted by molar-refractivity contribution is 7.92. The van der Waals surface area contributed by atoms with Crippen molar-refractivity contribution in [3.63, 3.8) is 0 Å². The van der Waals surface area contributed by atoms with Crippen LogP contribution in [0, 0.1) is 17.7 Å². The van der Waals surface area contributed by atoms with Crippen LogP contribution in [-0.4, -0.2) is 30.7 Å². The van der Waals surface area contributed by atoms with Crippen LogP contribution in [-0.2, 0) is 10.0 Å². The molecule has 4 aromatic rings. The summed E-state index contributed by atoms with van der Waals surface area (Å²) >= 11 is 5.87. The lowest BCUT2D eigenvalue weighted by atomic mass is 10.1. The predicted molar refractivity (Wildman–Crippen MR) is 115 cm³/mol. The van der Waals surface area contributed by atoms with Gasteiger partial charge in [-0.05, 0) is 42.5 Å². The standard InChI is InChI=1S/C21H14ClFN4O3S/c1-30-21-18-9-13(12-24-20(18)25-26-21)5-6-14-10-16(7-8-19(14)23)27-31(28,29)17-4-2-3-15(22)11-17/h2-4,7-12,27H,1H3,(H,24,25,26). The molecule has 0 aliphatic heterocycles. The van der Waals surface area contributed by atoms with Crippen LogP contribution >= 0.6 is 11.6 Å². The summed E-state index contributed by atoms with van der Waals surface area (Å²) in [5.41, 5.74) is 1.23. The number of nitrogens with zero attached hydrogens (tertiary/aromatic N) is 2. The van der Waals surface area contributed by atoms with Crippen LogP contribution in [0.15, 0.2) is 59.6 Å². The average molecular weight is 457 g/mol. The number of sulfonamides is 1. The van der Waals surface area contributed by atoms with Gasteiger partial charge in [0, 0.05) is 16.8 Å². The van der Waals surface area contributed by atoms with Gasteiger partial charge < -0.3 is 4.74 Å². The lowest BCUT2D eigenvalue weighted by Crippen LogP contribution is -2.13. The smallest absolute Gasteiger partial charge is 0.261 e. The molecule has 0 saturated heterocycles. The Bertz CT molecular complexity index is 1460. The Balaban J connectivity index is 1.64. The lowest BCUT2D eigenvalue weighted by Gasteiger charge is -2.09. The number of pyridine rings is 1. The summed E-state index contributed by atoms with van der Waals surface area (Å²) in [5.74, 6) is 5.31. The predicted octanol–water partition coefficient (Wildman–Crippen LogP) is 3.96. The lowest BCUT2D eigenvalue weighted by molar-refractivity contribution is 0.401. The SMILES string of the molecule is COc1n[nH]c2ncc(C#Cc3cc(NS(=O)(=O)c4cccc(Cl)c4)ccc3F)cc12. The molecule has 0 radical (unpaired) electrons. The Labute approximate surface area is 182 Å². The first-order chi connectivity index (χ1) is 14.9. The van der Waals surface area contributed by atoms with Crippen molar-refractivity contribution in [1.82, 2.24) is 15.2 Å². The number of hydrogen-bond acceptors (Lipinski definition) is 5. The molecule has 0 unspecified atom stereocenters. The summed E-state index contributed by atoms with van der Waals surface area (Å²) < 4.78 is 46.9. The molecule has 4 rings (SSSR count). The van der Waals surface area contributed by atoms with Crippen molar-refractivity contribution < 1.29 is 17.5 Å². The number of anilines is 1. The Morgan fingerprint density at radius 2 is 2.00 bits per heavy atom. The normalized spacial score (nSPS) is 11.1. The van der Waals surface area contributed by atoms with E-state index in [9.17, 15) is 12.8 Å². The zero-order valence-electron chi connectivity index (χ0n) is 16.0. The van der Waals surface area contributed by atoms with E-state index in [-0.39, 0.29) is 21.2 Å². The van der Waals surface area contributed by atoms with Crippen LogP contribution < -0.4 is 9.46 Å². The third-order valence-corrected chi connectivity index (χ3v) is 5.86. The number of H-pyrrole nitrogens is 1. The van der Waals surface area contributed by atoms with Crippen LogP contribution in [0.5, 0.6) is 5.88 Å². The van der Waals surface area contributed by atoms with Crippen LogP contribution in [0.3, 0.4) is 0 Å². The molecule has 0 aliphatic rings. The summed E-state index contributed by atoms with van der Waals surface area (Å²) in [6.45, 7) is 0. The largest absolute Gasteiger partial charge is 0.479 e. The van der Waals surface area contributed by atoms with Gasteiger partial charge in [0.2, 0.25) is 5.88 Å². The Morgan fingerprint density at radius 3 is 2.77 bits per heavy atom. The van der Waals surface area contributed by atoms with Gasteiger partial charge in [-0.3, -0.25) is 9.82 Å². The van der Waals surface area contributed by atoms with Gasteiger partial charge in [-0.25, -0.2) is 17.8 Å². The van der Waals surface area contributed by atoms with Gasteiger partial charge >= 0.3 is 0 Å². The van der Waals surface area contributed by atoms with Crippen molar-refractivity contribution in [2.24, 2.45) is 0 Å². The number of aromatic nitrogens is 3. The van der Waals surface area contributed by atoms with E-state index in [1.807, 2.05) is 0 Å². The number of halogens is 2. The molecule has 156 valence electrons. The number of benzene rings is 2. The van der Waals surface area contributed by atoms with Crippen molar-refractivity contribution in [1.29, 1.82) is 0 Å². The van der Waals surface area contributed by atoms with Gasteiger partial charge in [-0.2, -0.15) is 0 Å². The molecule has 0 aliphatic carbocycles. The van der Waals surface area contributed by atoms with Gasteiger partial charge in [0.1, 0.15) is 5.82 Å². The van der Waals surface area contributed by atoms with Crippen LogP contribution in [0.4, 0.5) is 10.1 Å². The highest BCUT2D eigenvalue weighted by Gasteiger charge is 2.15. The average Bonchev–Trinajstić information content (AvgIpc) is 3.16. The minimum absolute atomic E-state index is 0.00889. The first kappa shape index (κ1) is 20.7. The van der Waals surface area contributed by atoms with Crippen molar-refractivity contribution in [3.8, 4) is 17.7 Å². The summed E-state index contributed by atoms with van der Waals surface area (Å²) in [6.07, 6.45) is 1.51. The second kappa shape index (κ2) is 8.26. The maximum Gasteiger partial charge on any atom is 0.261 e. The van der Waals surface area contributed by atoms with Crippen molar-refractivity contribution in [2.45, 2.75) is 4.90 Å². The number of aromatic amines is 1. The zero-order chi connectivity index (χ0) is 22.0. The van der Waals surface area contributed by atoms with E-state index in [4.69, 9.17) is 16.3 Å². The highest BCUT2D eigenvalue weighted by atomic mass is 35.5. The van der Waals surface area contributed by atoms with E-state index < -0.39 is 15.8 Å². The summed E-state index contributed by atoms with van der Waals surface area (Å²) in [5, 5.41) is 7.62. The van der Waals surface area contributed by atoms with E-state index in [0.717, 1.165) is 6.07 Å². The molecule has 7 nitrogen and oxygen atoms in total. The Morgan fingerprint density at radius 1 is 1.16 bits per heavy atom. The van der Waals surface area contributed by atoms with Gasteiger partial charge in [0.15, 0.2) is 5.65 Å². The summed E-state index contributed by atoms with van der Waals surface area (Å²) in [4.78, 5) is 4.19. The van der Waals surface area contributed by atoms with E-state index in [0.29, 0.717) is 22.5 Å². The number of ether oxygens (including phenoxy) is 1. The minimum Gasteiger partial charge on any atom is -0.479 e. The molecule has 2 N–H and O–H groups in total. The molecular weight excluding hydrogens is 443 g/mol. The van der Waals surface area contributed by atoms with Crippen LogP contribution in [0.2, 0.25) is 5.02 Å². The second-order valence-electron chi connectivity index (χ2n) is 6.36. The summed E-state index contributed by atoms with van der Waals surface area (Å²) in [7, 11) is -2.41. The molecule has 0 saturated carbocycles. The van der Waals surface area contributed by atoms with E-state index in [1.165, 1.54) is 43.6 Å². The maximum atomic E-state index is 14.3. The molecule has 0 amide bonds. The quantitative estimate of drug-likeness (QED) is 0.453. The third kappa shape index (κ3) is 4.45. The van der Waals surface area contributed by atoms with E-state index in [1.54, 1.807) is 12.1 Å². The number of hydrogen-bond donors (Lipinski definition) is 2. The Kier molecular flexibility index (Phi) is 5.50. The molecule has 0 atom stereocenters. The van der Waals surface area contributed by atoms with Crippen LogP contribution in [0.25, 0.3) is 11.0 Å². The third-order valence-electron chi connectivity index (χ3n) is 4.24. The fourth-order valence-corrected chi connectivity index (χ4v) is 4.13. The zero-order valence-corrected chi connectivity index (χ0v) is 17.6. The first-order valence-corrected chi connectivity index (χ1v) is 10.7. The van der Waals surface area contributed by atoms with Gasteiger partial charge in [-0.1, -0.05) is 29.5 Å². The first-order valence-electron chi connectivity index (χ1n) is 8.84. The van der Waals surface area contributed by atoms with Crippen molar-refractivity contribution in [3.05, 3.63) is 76.7 Å². The second-order valence-corrected chi connectivity index (χ2v) is 8.48. The molecule has 2 aromatic carbocycles. The molecule has 2 aromatic heterocycles. The number of fused-ring (bicyclic) bond motifs is 1. The molecule has 2 heterocycles. The molecular formula is C21H14ClFN4O3S. The van der Waals surface area contributed by atoms with Gasteiger partial charge in [0.05, 0.1) is 28.6 Å². The van der Waals surface area contributed by atoms with Crippen molar-refractivity contribution in [2.75, 3.05) is 11.8 Å². The molecule has 31 heavy (non-hydrogen) atoms. The van der Waals surface area contributed by atoms with Gasteiger partial charge in [0.25, 0.3) is 10.0 Å². The fraction of sp³-hybridized carbons (Fsp3) is 0.0476. The Hall–Kier alpha value is -3.61. The summed E-state index contributed by atoms with van der Waals surface area (Å²) in [6, 6.07) is 11.3. The fourth-order valence-electron chi connectivity index (χ4n) is 2.78. The molecule has 0 spiro atoms. The minimum atomic E-state index is -3.90. The topological polar surface area (TPSA) is 97.0 Å². The van der Waals surface area contributed by atoms with E-state index in [2.05, 4.69) is 31.7 Å². The number of methoxy groups -OCH3 is 1.